The smallest absolute Gasteiger partial charge is 0.305 e. The Kier molecular flexibility index (Phi) is 59.0. The van der Waals surface area contributed by atoms with Crippen LogP contribution in [0.3, 0.4) is 0 Å². The summed E-state index contributed by atoms with van der Waals surface area (Å²) < 4.78 is 5.47. The predicted molar refractivity (Wildman–Crippen MR) is 310 cm³/mol. The molecule has 0 fully saturated rings. The minimum Gasteiger partial charge on any atom is -0.466 e. The van der Waals surface area contributed by atoms with E-state index in [1.54, 1.807) is 6.08 Å². The highest BCUT2D eigenvalue weighted by Crippen LogP contribution is 2.17. The number of allylic oxidation sites excluding steroid dienone is 5. The maximum atomic E-state index is 12.4. The molecular formula is C65H123NO5. The number of amides is 1. The van der Waals surface area contributed by atoms with Crippen molar-refractivity contribution in [1.82, 2.24) is 5.32 Å². The molecular weight excluding hydrogens is 875 g/mol. The minimum atomic E-state index is -0.840. The summed E-state index contributed by atoms with van der Waals surface area (Å²) in [4.78, 5) is 24.4. The Bertz CT molecular complexity index is 1150. The molecule has 71 heavy (non-hydrogen) atoms. The summed E-state index contributed by atoms with van der Waals surface area (Å²) in [6.45, 7) is 4.87. The molecule has 0 saturated heterocycles. The number of ether oxygens (including phenoxy) is 1. The van der Waals surface area contributed by atoms with Crippen molar-refractivity contribution in [1.29, 1.82) is 0 Å². The molecule has 3 N–H and O–H groups in total. The highest BCUT2D eigenvalue weighted by molar-refractivity contribution is 5.76. The van der Waals surface area contributed by atoms with E-state index >= 15 is 0 Å². The summed E-state index contributed by atoms with van der Waals surface area (Å²) in [5.74, 6) is -0.0590. The lowest BCUT2D eigenvalue weighted by Crippen LogP contribution is -2.45. The van der Waals surface area contributed by atoms with E-state index in [-0.39, 0.29) is 18.5 Å². The number of carbonyl (C=O) groups excluding carboxylic acids is 2. The highest BCUT2D eigenvalue weighted by atomic mass is 16.5. The number of esters is 1. The van der Waals surface area contributed by atoms with Gasteiger partial charge in [0.25, 0.3) is 0 Å². The molecule has 0 spiro atoms. The molecule has 1 amide bonds. The second-order valence-corrected chi connectivity index (χ2v) is 21.7. The van der Waals surface area contributed by atoms with Gasteiger partial charge in [-0.3, -0.25) is 9.59 Å². The lowest BCUT2D eigenvalue weighted by atomic mass is 10.0. The zero-order valence-corrected chi connectivity index (χ0v) is 47.7. The molecule has 0 aliphatic heterocycles. The molecule has 6 heteroatoms. The maximum Gasteiger partial charge on any atom is 0.305 e. The van der Waals surface area contributed by atoms with E-state index in [0.717, 1.165) is 44.9 Å². The largest absolute Gasteiger partial charge is 0.466 e. The van der Waals surface area contributed by atoms with E-state index in [4.69, 9.17) is 4.74 Å². The molecule has 0 radical (unpaired) electrons. The van der Waals surface area contributed by atoms with Crippen LogP contribution >= 0.6 is 0 Å². The van der Waals surface area contributed by atoms with Gasteiger partial charge in [-0.15, -0.1) is 0 Å². The summed E-state index contributed by atoms with van der Waals surface area (Å²) in [6, 6.07) is -0.623. The second-order valence-electron chi connectivity index (χ2n) is 21.7. The fourth-order valence-electron chi connectivity index (χ4n) is 9.74. The van der Waals surface area contributed by atoms with Crippen LogP contribution in [0.15, 0.2) is 36.5 Å². The van der Waals surface area contributed by atoms with Crippen LogP contribution in [0.25, 0.3) is 0 Å². The Morgan fingerprint density at radius 3 is 1.01 bits per heavy atom. The van der Waals surface area contributed by atoms with E-state index in [1.165, 1.54) is 270 Å². The van der Waals surface area contributed by atoms with E-state index in [2.05, 4.69) is 43.5 Å². The van der Waals surface area contributed by atoms with Crippen LogP contribution < -0.4 is 5.32 Å². The number of hydrogen-bond acceptors (Lipinski definition) is 5. The fourth-order valence-corrected chi connectivity index (χ4v) is 9.74. The third kappa shape index (κ3) is 57.2. The van der Waals surface area contributed by atoms with Gasteiger partial charge in [0.1, 0.15) is 0 Å². The summed E-state index contributed by atoms with van der Waals surface area (Å²) in [5.41, 5.74) is 0. The van der Waals surface area contributed by atoms with Gasteiger partial charge in [0.15, 0.2) is 0 Å². The number of rotatable bonds is 59. The van der Waals surface area contributed by atoms with Gasteiger partial charge in [-0.25, -0.2) is 0 Å². The number of hydrogen-bond donors (Lipinski definition) is 3. The predicted octanol–water partition coefficient (Wildman–Crippen LogP) is 20.0. The molecule has 2 atom stereocenters. The maximum absolute atomic E-state index is 12.4. The first-order chi connectivity index (χ1) is 35.0. The lowest BCUT2D eigenvalue weighted by Gasteiger charge is -2.20. The standard InChI is InChI=1S/C65H123NO5/c1-3-5-7-9-11-13-14-35-39-43-47-51-55-59-65(70)71-60-56-52-48-44-40-37-34-32-30-28-26-24-22-20-18-16-15-17-19-21-23-25-27-29-31-33-36-38-42-46-50-54-58-64(69)66-62(61-67)63(68)57-53-49-45-41-12-10-8-6-4-2/h13-14,18,20,53,57,62-63,67-68H,3-12,15-17,19,21-52,54-56,58-61H2,1-2H3,(H,66,69)/b14-13-,20-18-,57-53+. The zero-order valence-electron chi connectivity index (χ0n) is 47.7. The van der Waals surface area contributed by atoms with Crippen molar-refractivity contribution in [2.24, 2.45) is 0 Å². The van der Waals surface area contributed by atoms with E-state index < -0.39 is 12.1 Å². The Labute approximate surface area is 443 Å². The third-order valence-corrected chi connectivity index (χ3v) is 14.6. The molecule has 0 saturated carbocycles. The van der Waals surface area contributed by atoms with Gasteiger partial charge in [0.2, 0.25) is 5.91 Å². The number of aliphatic hydroxyl groups excluding tert-OH is 2. The topological polar surface area (TPSA) is 95.9 Å². The number of nitrogens with one attached hydrogen (secondary N) is 1. The van der Waals surface area contributed by atoms with Gasteiger partial charge < -0.3 is 20.3 Å². The van der Waals surface area contributed by atoms with Crippen LogP contribution in [0.2, 0.25) is 0 Å². The Hall–Kier alpha value is -1.92. The van der Waals surface area contributed by atoms with Crippen LogP contribution in [0, 0.1) is 0 Å². The van der Waals surface area contributed by atoms with Crippen molar-refractivity contribution >= 4 is 11.9 Å². The number of unbranched alkanes of at least 4 members (excludes halogenated alkanes) is 44. The average Bonchev–Trinajstić information content (AvgIpc) is 3.37. The van der Waals surface area contributed by atoms with Crippen molar-refractivity contribution in [3.8, 4) is 0 Å². The first-order valence-electron chi connectivity index (χ1n) is 31.8. The molecule has 2 unspecified atom stereocenters. The number of aliphatic hydroxyl groups is 2. The summed E-state index contributed by atoms with van der Waals surface area (Å²) in [6.07, 6.45) is 76.5. The third-order valence-electron chi connectivity index (χ3n) is 14.6. The van der Waals surface area contributed by atoms with E-state index in [1.807, 2.05) is 6.08 Å². The van der Waals surface area contributed by atoms with Crippen LogP contribution in [0.1, 0.15) is 341 Å². The van der Waals surface area contributed by atoms with Crippen LogP contribution in [-0.4, -0.2) is 47.4 Å². The SMILES string of the molecule is CCCCCC/C=C\CCCCCCCC(=O)OCCCCCCCCCCCCCC/C=C\CCCCCCCCCCCCCCCCCCC(=O)NC(CO)C(O)/C=C/CCCCCCCCC. The van der Waals surface area contributed by atoms with Gasteiger partial charge >= 0.3 is 5.97 Å². The van der Waals surface area contributed by atoms with Gasteiger partial charge in [0.05, 0.1) is 25.4 Å². The summed E-state index contributed by atoms with van der Waals surface area (Å²) in [7, 11) is 0. The van der Waals surface area contributed by atoms with Crippen molar-refractivity contribution in [3.63, 3.8) is 0 Å². The summed E-state index contributed by atoms with van der Waals surface area (Å²) in [5, 5.41) is 23.0. The molecule has 0 aromatic heterocycles. The van der Waals surface area contributed by atoms with Gasteiger partial charge in [-0.2, -0.15) is 0 Å². The Morgan fingerprint density at radius 2 is 0.662 bits per heavy atom. The zero-order chi connectivity index (χ0) is 51.4. The summed E-state index contributed by atoms with van der Waals surface area (Å²) >= 11 is 0. The van der Waals surface area contributed by atoms with Gasteiger partial charge in [-0.05, 0) is 83.5 Å². The molecule has 418 valence electrons. The Morgan fingerprint density at radius 1 is 0.380 bits per heavy atom. The van der Waals surface area contributed by atoms with Crippen molar-refractivity contribution in [3.05, 3.63) is 36.5 Å². The monoisotopic (exact) mass is 998 g/mol. The van der Waals surface area contributed by atoms with Crippen molar-refractivity contribution < 1.29 is 24.5 Å². The molecule has 0 aliphatic rings. The molecule has 6 nitrogen and oxygen atoms in total. The first kappa shape index (κ1) is 69.1. The molecule has 0 bridgehead atoms. The molecule has 0 rings (SSSR count). The molecule has 0 aromatic rings. The average molecular weight is 999 g/mol. The second kappa shape index (κ2) is 60.6. The Balaban J connectivity index is 3.34. The van der Waals surface area contributed by atoms with Crippen molar-refractivity contribution in [2.75, 3.05) is 13.2 Å². The van der Waals surface area contributed by atoms with E-state index in [9.17, 15) is 19.8 Å². The highest BCUT2D eigenvalue weighted by Gasteiger charge is 2.18. The normalized spacial score (nSPS) is 12.8. The molecule has 0 aliphatic carbocycles. The number of carbonyl (C=O) groups is 2. The lowest BCUT2D eigenvalue weighted by molar-refractivity contribution is -0.143. The molecule has 0 aromatic carbocycles. The fraction of sp³-hybridized carbons (Fsp3) is 0.877. The molecule has 0 heterocycles. The van der Waals surface area contributed by atoms with Gasteiger partial charge in [0, 0.05) is 12.8 Å². The van der Waals surface area contributed by atoms with Crippen LogP contribution in [0.4, 0.5) is 0 Å². The van der Waals surface area contributed by atoms with Crippen LogP contribution in [-0.2, 0) is 14.3 Å². The van der Waals surface area contributed by atoms with Crippen molar-refractivity contribution in [2.45, 2.75) is 353 Å². The first-order valence-corrected chi connectivity index (χ1v) is 31.8. The van der Waals surface area contributed by atoms with E-state index in [0.29, 0.717) is 19.4 Å². The minimum absolute atomic E-state index is 0.00846. The van der Waals surface area contributed by atoms with Gasteiger partial charge in [-0.1, -0.05) is 281 Å². The quantitative estimate of drug-likeness (QED) is 0.0321. The van der Waals surface area contributed by atoms with Crippen LogP contribution in [0.5, 0.6) is 0 Å².